The number of amides is 1. The van der Waals surface area contributed by atoms with Gasteiger partial charge >= 0.3 is 0 Å². The van der Waals surface area contributed by atoms with Gasteiger partial charge in [0.05, 0.1) is 29.2 Å². The molecule has 0 aromatic heterocycles. The van der Waals surface area contributed by atoms with E-state index in [0.717, 1.165) is 24.2 Å². The van der Waals surface area contributed by atoms with Gasteiger partial charge in [0.2, 0.25) is 5.91 Å². The van der Waals surface area contributed by atoms with Crippen LogP contribution in [0.1, 0.15) is 19.4 Å². The molecule has 3 aromatic carbocycles. The third-order valence-electron chi connectivity index (χ3n) is 4.46. The zero-order chi connectivity index (χ0) is 25.0. The maximum Gasteiger partial charge on any atom is 0.294 e. The van der Waals surface area contributed by atoms with Gasteiger partial charge in [-0.15, -0.1) is 10.2 Å². The van der Waals surface area contributed by atoms with E-state index in [0.29, 0.717) is 17.1 Å². The fourth-order valence-electron chi connectivity index (χ4n) is 3.04. The van der Waals surface area contributed by atoms with E-state index in [1.54, 1.807) is 19.9 Å². The Hall–Kier alpha value is -2.71. The Morgan fingerprint density at radius 3 is 2.49 bits per heavy atom. The average Bonchev–Trinajstić information content (AvgIpc) is 2.74. The van der Waals surface area contributed by atoms with Crippen molar-refractivity contribution in [2.75, 3.05) is 11.9 Å². The predicted molar refractivity (Wildman–Crippen MR) is 125 cm³/mol. The number of anilines is 1. The Morgan fingerprint density at radius 2 is 1.86 bits per heavy atom. The number of rotatable bonds is 8. The van der Waals surface area contributed by atoms with E-state index in [-0.39, 0.29) is 56.4 Å². The Morgan fingerprint density at radius 1 is 1.14 bits per heavy atom. The molecule has 3 rings (SSSR count). The number of nitrogens with one attached hydrogen (secondary N) is 1. The number of fused-ring (bicyclic) bond motifs is 1. The molecule has 0 bridgehead atoms. The van der Waals surface area contributed by atoms with Crippen molar-refractivity contribution < 1.29 is 54.3 Å². The van der Waals surface area contributed by atoms with Gasteiger partial charge in [0.15, 0.2) is 5.75 Å². The van der Waals surface area contributed by atoms with E-state index in [1.807, 2.05) is 0 Å². The molecule has 11 nitrogen and oxygen atoms in total. The second kappa shape index (κ2) is 11.8. The van der Waals surface area contributed by atoms with Gasteiger partial charge in [-0.1, -0.05) is 0 Å². The number of nitrogens with zero attached hydrogens (tertiary/aromatic N) is 2. The van der Waals surface area contributed by atoms with E-state index in [9.17, 15) is 28.0 Å². The minimum absolute atomic E-state index is 0. The number of phenolic OH excluding ortho intramolecular Hbond substituents is 2. The summed E-state index contributed by atoms with van der Waals surface area (Å²) < 4.78 is 37.7. The molecule has 1 amide bonds. The first-order valence-corrected chi connectivity index (χ1v) is 12.0. The first kappa shape index (κ1) is 28.5. The van der Waals surface area contributed by atoms with Crippen LogP contribution in [-0.4, -0.2) is 35.7 Å². The van der Waals surface area contributed by atoms with Gasteiger partial charge < -0.3 is 15.5 Å². The maximum atomic E-state index is 11.7. The van der Waals surface area contributed by atoms with Gasteiger partial charge in [-0.25, -0.2) is 4.89 Å². The van der Waals surface area contributed by atoms with Crippen molar-refractivity contribution in [1.82, 2.24) is 0 Å². The number of phenols is 2. The molecular formula is C21H21CuN3O8S2. The van der Waals surface area contributed by atoms with Crippen LogP contribution in [0.2, 0.25) is 0 Å². The molecule has 4 N–H and O–H groups in total. The van der Waals surface area contributed by atoms with Crippen molar-refractivity contribution in [3.63, 3.8) is 0 Å². The summed E-state index contributed by atoms with van der Waals surface area (Å²) in [5.41, 5.74) is 0.495. The normalized spacial score (nSPS) is 11.5. The average molecular weight is 571 g/mol. The molecule has 0 saturated carbocycles. The topological polar surface area (TPSA) is 167 Å². The number of hydrogen-bond donors (Lipinski definition) is 4. The summed E-state index contributed by atoms with van der Waals surface area (Å²) in [4.78, 5) is 16.6. The summed E-state index contributed by atoms with van der Waals surface area (Å²) in [6.07, 6.45) is 0. The van der Waals surface area contributed by atoms with Crippen molar-refractivity contribution in [1.29, 1.82) is 0 Å². The minimum atomic E-state index is -4.58. The third kappa shape index (κ3) is 6.92. The summed E-state index contributed by atoms with van der Waals surface area (Å²) in [6, 6.07) is 8.19. The number of carbonyl (C=O) groups excluding carboxylic acids is 1. The Labute approximate surface area is 215 Å². The van der Waals surface area contributed by atoms with E-state index < -0.39 is 20.9 Å². The van der Waals surface area contributed by atoms with Gasteiger partial charge in [-0.2, -0.15) is 12.8 Å². The Kier molecular flexibility index (Phi) is 9.63. The van der Waals surface area contributed by atoms with E-state index in [4.69, 9.17) is 9.22 Å². The predicted octanol–water partition coefficient (Wildman–Crippen LogP) is 5.15. The molecule has 0 fully saturated rings. The largest absolute Gasteiger partial charge is 0.506 e. The van der Waals surface area contributed by atoms with Crippen LogP contribution in [-0.2, 0) is 41.2 Å². The molecule has 191 valence electrons. The summed E-state index contributed by atoms with van der Waals surface area (Å²) in [5.74, 6) is -1.07. The molecule has 14 heteroatoms. The molecule has 0 heterocycles. The maximum absolute atomic E-state index is 11.7. The summed E-state index contributed by atoms with van der Waals surface area (Å²) in [6.45, 7) is 4.93. The molecule has 0 aliphatic rings. The number of aromatic hydroxyl groups is 2. The van der Waals surface area contributed by atoms with E-state index in [2.05, 4.69) is 15.5 Å². The Balaban J connectivity index is 0.00000432. The smallest absolute Gasteiger partial charge is 0.294 e. The SMILES string of the molecule is CCOOSc1ccc(O)c(N=Nc2c(C)cc3cc(S(=O)(=O)O)cc(NC(C)=O)c3c2O)c1.[Cu]. The van der Waals surface area contributed by atoms with E-state index >= 15 is 0 Å². The van der Waals surface area contributed by atoms with Gasteiger partial charge in [0, 0.05) is 34.3 Å². The Bertz CT molecular complexity index is 1400. The van der Waals surface area contributed by atoms with Crippen LogP contribution in [0.3, 0.4) is 0 Å². The van der Waals surface area contributed by atoms with Crippen LogP contribution in [0.25, 0.3) is 10.8 Å². The van der Waals surface area contributed by atoms with Crippen LogP contribution in [0.15, 0.2) is 56.4 Å². The zero-order valence-electron chi connectivity index (χ0n) is 18.6. The van der Waals surface area contributed by atoms with Gasteiger partial charge in [0.1, 0.15) is 17.1 Å². The molecule has 0 unspecified atom stereocenters. The van der Waals surface area contributed by atoms with Crippen LogP contribution >= 0.6 is 12.0 Å². The minimum Gasteiger partial charge on any atom is -0.506 e. The number of benzene rings is 3. The van der Waals surface area contributed by atoms with Crippen molar-refractivity contribution in [2.24, 2.45) is 10.2 Å². The summed E-state index contributed by atoms with van der Waals surface area (Å²) in [7, 11) is -4.58. The second-order valence-electron chi connectivity index (χ2n) is 7.02. The zero-order valence-corrected chi connectivity index (χ0v) is 21.1. The standard InChI is InChI=1S/C21H21N3O8S2.Cu/c1-4-31-32-33-14-5-6-18(26)16(9-14)23-24-20-11(2)7-13-8-15(34(28,29)30)10-17(22-12(3)25)19(13)21(20)27;/h5-10,26-27H,4H2,1-3H3,(H,22,25)(H,28,29,30);. The van der Waals surface area contributed by atoms with Crippen LogP contribution in [0.4, 0.5) is 17.1 Å². The fourth-order valence-corrected chi connectivity index (χ4v) is 4.08. The molecule has 0 spiro atoms. The second-order valence-corrected chi connectivity index (χ2v) is 9.22. The summed E-state index contributed by atoms with van der Waals surface area (Å²) in [5, 5.41) is 31.9. The first-order valence-electron chi connectivity index (χ1n) is 9.77. The number of hydrogen-bond acceptors (Lipinski definition) is 10. The number of azo groups is 1. The molecule has 3 aromatic rings. The van der Waals surface area contributed by atoms with Crippen LogP contribution in [0, 0.1) is 6.92 Å². The van der Waals surface area contributed by atoms with Crippen molar-refractivity contribution in [2.45, 2.75) is 30.6 Å². The molecule has 0 aliphatic heterocycles. The van der Waals surface area contributed by atoms with E-state index in [1.165, 1.54) is 25.1 Å². The quantitative estimate of drug-likeness (QED) is 0.0544. The molecule has 0 aliphatic carbocycles. The van der Waals surface area contributed by atoms with Crippen molar-refractivity contribution in [3.05, 3.63) is 42.0 Å². The third-order valence-corrected chi connectivity index (χ3v) is 5.90. The van der Waals surface area contributed by atoms with Gasteiger partial charge in [0.25, 0.3) is 10.1 Å². The number of aryl methyl sites for hydroxylation is 1. The molecular weight excluding hydrogens is 550 g/mol. The van der Waals surface area contributed by atoms with Crippen molar-refractivity contribution in [3.8, 4) is 11.5 Å². The molecule has 35 heavy (non-hydrogen) atoms. The fraction of sp³-hybridized carbons (Fsp3) is 0.190. The van der Waals surface area contributed by atoms with Crippen LogP contribution < -0.4 is 5.32 Å². The monoisotopic (exact) mass is 570 g/mol. The number of carbonyl (C=O) groups is 1. The van der Waals surface area contributed by atoms with Crippen molar-refractivity contribution >= 4 is 55.9 Å². The van der Waals surface area contributed by atoms with Gasteiger partial charge in [-0.3, -0.25) is 9.35 Å². The molecule has 0 atom stereocenters. The first-order chi connectivity index (χ1) is 16.0. The molecule has 0 saturated heterocycles. The van der Waals surface area contributed by atoms with Crippen LogP contribution in [0.5, 0.6) is 11.5 Å². The summed E-state index contributed by atoms with van der Waals surface area (Å²) >= 11 is 0.915. The molecule has 1 radical (unpaired) electrons. The van der Waals surface area contributed by atoms with Gasteiger partial charge in [-0.05, 0) is 61.2 Å².